The van der Waals surface area contributed by atoms with E-state index in [1.165, 1.54) is 0 Å². The second kappa shape index (κ2) is 9.37. The Bertz CT molecular complexity index is 811. The van der Waals surface area contributed by atoms with Gasteiger partial charge in [0.15, 0.2) is 0 Å². The van der Waals surface area contributed by atoms with Crippen molar-refractivity contribution in [3.8, 4) is 5.75 Å². The molecule has 1 unspecified atom stereocenters. The van der Waals surface area contributed by atoms with Crippen molar-refractivity contribution >= 4 is 17.5 Å². The molecule has 2 rings (SSSR count). The maximum absolute atomic E-state index is 12.4. The molecule has 2 aromatic rings. The van der Waals surface area contributed by atoms with Crippen molar-refractivity contribution in [3.63, 3.8) is 0 Å². The predicted octanol–water partition coefficient (Wildman–Crippen LogP) is 3.34. The molecule has 2 aromatic carbocycles. The quantitative estimate of drug-likeness (QED) is 0.685. The first-order chi connectivity index (χ1) is 13.2. The molecule has 0 radical (unpaired) electrons. The van der Waals surface area contributed by atoms with Crippen molar-refractivity contribution in [3.05, 3.63) is 59.7 Å². The first-order valence-corrected chi connectivity index (χ1v) is 9.28. The second-order valence-corrected chi connectivity index (χ2v) is 7.72. The summed E-state index contributed by atoms with van der Waals surface area (Å²) in [6.07, 6.45) is 0. The third-order valence-corrected chi connectivity index (χ3v) is 4.04. The molecule has 150 valence electrons. The minimum atomic E-state index is -0.322. The van der Waals surface area contributed by atoms with Crippen molar-refractivity contribution in [2.75, 3.05) is 12.4 Å². The Hall–Kier alpha value is -2.86. The first-order valence-electron chi connectivity index (χ1n) is 9.28. The third-order valence-electron chi connectivity index (χ3n) is 4.04. The van der Waals surface area contributed by atoms with Crippen LogP contribution in [-0.2, 0) is 11.3 Å². The van der Waals surface area contributed by atoms with Crippen LogP contribution in [0.1, 0.15) is 43.6 Å². The molecule has 0 aliphatic rings. The summed E-state index contributed by atoms with van der Waals surface area (Å²) in [7, 11) is 1.59. The van der Waals surface area contributed by atoms with E-state index >= 15 is 0 Å². The minimum absolute atomic E-state index is 0.0449. The van der Waals surface area contributed by atoms with E-state index in [0.29, 0.717) is 23.5 Å². The number of amides is 2. The molecule has 0 heterocycles. The molecule has 0 bridgehead atoms. The molecule has 0 aliphatic carbocycles. The van der Waals surface area contributed by atoms with Gasteiger partial charge in [0.2, 0.25) is 5.91 Å². The molecule has 2 amide bonds. The lowest BCUT2D eigenvalue weighted by molar-refractivity contribution is -0.124. The van der Waals surface area contributed by atoms with Crippen molar-refractivity contribution in [2.45, 2.75) is 45.8 Å². The summed E-state index contributed by atoms with van der Waals surface area (Å²) in [5.74, 6) is 0.469. The second-order valence-electron chi connectivity index (χ2n) is 7.72. The Morgan fingerprint density at radius 3 is 2.36 bits per heavy atom. The fourth-order valence-corrected chi connectivity index (χ4v) is 2.55. The van der Waals surface area contributed by atoms with Gasteiger partial charge in [-0.3, -0.25) is 9.59 Å². The number of ether oxygens (including phenoxy) is 1. The Labute approximate surface area is 166 Å². The first kappa shape index (κ1) is 21.4. The summed E-state index contributed by atoms with van der Waals surface area (Å²) in [6.45, 7) is 8.20. The van der Waals surface area contributed by atoms with Crippen molar-refractivity contribution in [1.29, 1.82) is 0 Å². The summed E-state index contributed by atoms with van der Waals surface area (Å²) in [5, 5.41) is 9.05. The van der Waals surface area contributed by atoms with Crippen LogP contribution in [0, 0.1) is 0 Å². The van der Waals surface area contributed by atoms with Crippen molar-refractivity contribution < 1.29 is 14.3 Å². The highest BCUT2D eigenvalue weighted by Gasteiger charge is 2.18. The molecule has 28 heavy (non-hydrogen) atoms. The molecular weight excluding hydrogens is 354 g/mol. The van der Waals surface area contributed by atoms with Gasteiger partial charge in [-0.05, 0) is 69.7 Å². The minimum Gasteiger partial charge on any atom is -0.497 e. The normalized spacial score (nSPS) is 12.2. The summed E-state index contributed by atoms with van der Waals surface area (Å²) in [6, 6.07) is 14.2. The molecule has 0 saturated carbocycles. The third kappa shape index (κ3) is 6.70. The van der Waals surface area contributed by atoms with E-state index in [4.69, 9.17) is 4.74 Å². The van der Waals surface area contributed by atoms with Crippen molar-refractivity contribution in [1.82, 2.24) is 10.6 Å². The lowest BCUT2D eigenvalue weighted by Gasteiger charge is -2.23. The number of anilines is 1. The van der Waals surface area contributed by atoms with E-state index in [-0.39, 0.29) is 23.4 Å². The lowest BCUT2D eigenvalue weighted by Crippen LogP contribution is -2.49. The number of hydrogen-bond donors (Lipinski definition) is 3. The average Bonchev–Trinajstić information content (AvgIpc) is 2.65. The van der Waals surface area contributed by atoms with Crippen LogP contribution < -0.4 is 20.7 Å². The summed E-state index contributed by atoms with van der Waals surface area (Å²) < 4.78 is 5.11. The number of methoxy groups -OCH3 is 1. The molecule has 3 N–H and O–H groups in total. The van der Waals surface area contributed by atoms with Gasteiger partial charge in [0.05, 0.1) is 13.2 Å². The number of nitrogens with one attached hydrogen (secondary N) is 3. The Morgan fingerprint density at radius 2 is 1.75 bits per heavy atom. The molecule has 0 aliphatic heterocycles. The highest BCUT2D eigenvalue weighted by molar-refractivity contribution is 6.04. The topological polar surface area (TPSA) is 79.5 Å². The summed E-state index contributed by atoms with van der Waals surface area (Å²) >= 11 is 0. The van der Waals surface area contributed by atoms with Crippen LogP contribution >= 0.6 is 0 Å². The molecule has 6 nitrogen and oxygen atoms in total. The maximum atomic E-state index is 12.4. The van der Waals surface area contributed by atoms with Crippen LogP contribution in [0.3, 0.4) is 0 Å². The maximum Gasteiger partial charge on any atom is 0.255 e. The fourth-order valence-electron chi connectivity index (χ4n) is 2.55. The van der Waals surface area contributed by atoms with Gasteiger partial charge in [-0.1, -0.05) is 12.1 Å². The zero-order valence-corrected chi connectivity index (χ0v) is 17.1. The molecular formula is C22H29N3O3. The van der Waals surface area contributed by atoms with E-state index in [0.717, 1.165) is 5.56 Å². The van der Waals surface area contributed by atoms with E-state index in [9.17, 15) is 9.59 Å². The Morgan fingerprint density at radius 1 is 1.07 bits per heavy atom. The van der Waals surface area contributed by atoms with Gasteiger partial charge in [-0.15, -0.1) is 0 Å². The van der Waals surface area contributed by atoms with E-state index < -0.39 is 0 Å². The average molecular weight is 383 g/mol. The number of carbonyl (C=O) groups is 2. The molecule has 1 atom stereocenters. The molecule has 0 aromatic heterocycles. The van der Waals surface area contributed by atoms with Gasteiger partial charge in [-0.2, -0.15) is 0 Å². The smallest absolute Gasteiger partial charge is 0.255 e. The molecule has 0 spiro atoms. The van der Waals surface area contributed by atoms with Crippen LogP contribution in [0.4, 0.5) is 5.69 Å². The number of benzene rings is 2. The highest BCUT2D eigenvalue weighted by Crippen LogP contribution is 2.15. The van der Waals surface area contributed by atoms with Crippen LogP contribution in [0.15, 0.2) is 48.5 Å². The van der Waals surface area contributed by atoms with Gasteiger partial charge >= 0.3 is 0 Å². The number of hydrogen-bond acceptors (Lipinski definition) is 4. The van der Waals surface area contributed by atoms with E-state index in [1.54, 1.807) is 31.4 Å². The standard InChI is InChI=1S/C22H29N3O3/c1-15(20(26)25-22(2,3)4)23-14-16-7-6-8-18(13-16)24-21(27)17-9-11-19(28-5)12-10-17/h6-13,15,23H,14H2,1-5H3,(H,24,27)(H,25,26). The predicted molar refractivity (Wildman–Crippen MR) is 112 cm³/mol. The summed E-state index contributed by atoms with van der Waals surface area (Å²) in [5.41, 5.74) is 1.96. The summed E-state index contributed by atoms with van der Waals surface area (Å²) in [4.78, 5) is 24.5. The van der Waals surface area contributed by atoms with Crippen LogP contribution in [0.2, 0.25) is 0 Å². The van der Waals surface area contributed by atoms with Gasteiger partial charge in [0.25, 0.3) is 5.91 Å². The van der Waals surface area contributed by atoms with Gasteiger partial charge in [-0.25, -0.2) is 0 Å². The van der Waals surface area contributed by atoms with E-state index in [2.05, 4.69) is 16.0 Å². The van der Waals surface area contributed by atoms with Crippen LogP contribution in [0.5, 0.6) is 5.75 Å². The largest absolute Gasteiger partial charge is 0.497 e. The Kier molecular flexibility index (Phi) is 7.18. The molecule has 6 heteroatoms. The Balaban J connectivity index is 1.94. The van der Waals surface area contributed by atoms with Gasteiger partial charge in [0, 0.05) is 23.3 Å². The number of rotatable bonds is 7. The van der Waals surface area contributed by atoms with Crippen LogP contribution in [-0.4, -0.2) is 30.5 Å². The molecule has 0 saturated heterocycles. The van der Waals surface area contributed by atoms with Gasteiger partial charge in [0.1, 0.15) is 5.75 Å². The van der Waals surface area contributed by atoms with Crippen molar-refractivity contribution in [2.24, 2.45) is 0 Å². The van der Waals surface area contributed by atoms with E-state index in [1.807, 2.05) is 52.0 Å². The molecule has 0 fully saturated rings. The van der Waals surface area contributed by atoms with Crippen LogP contribution in [0.25, 0.3) is 0 Å². The van der Waals surface area contributed by atoms with Gasteiger partial charge < -0.3 is 20.7 Å². The lowest BCUT2D eigenvalue weighted by atomic mass is 10.1. The fraction of sp³-hybridized carbons (Fsp3) is 0.364. The number of carbonyl (C=O) groups excluding carboxylic acids is 2. The zero-order chi connectivity index (χ0) is 20.7. The SMILES string of the molecule is COc1ccc(C(=O)Nc2cccc(CNC(C)C(=O)NC(C)(C)C)c2)cc1. The zero-order valence-electron chi connectivity index (χ0n) is 17.1. The highest BCUT2D eigenvalue weighted by atomic mass is 16.5. The monoisotopic (exact) mass is 383 g/mol.